The molecule has 0 saturated carbocycles. The van der Waals surface area contributed by atoms with Crippen molar-refractivity contribution in [1.82, 2.24) is 20.6 Å². The number of rotatable bonds is 3. The second kappa shape index (κ2) is 5.38. The zero-order chi connectivity index (χ0) is 14.1. The number of hydrogen-bond donors (Lipinski definition) is 3. The Morgan fingerprint density at radius 1 is 1.55 bits per heavy atom. The van der Waals surface area contributed by atoms with Crippen molar-refractivity contribution in [1.29, 1.82) is 0 Å². The molecule has 1 amide bonds. The van der Waals surface area contributed by atoms with Crippen molar-refractivity contribution in [2.45, 2.75) is 38.9 Å². The summed E-state index contributed by atoms with van der Waals surface area (Å²) in [5.74, 6) is 0.0391. The molecule has 1 aliphatic heterocycles. The molecule has 0 bridgehead atoms. The molecule has 2 unspecified atom stereocenters. The van der Waals surface area contributed by atoms with Crippen LogP contribution in [0.1, 0.15) is 34.1 Å². The highest BCUT2D eigenvalue weighted by Crippen LogP contribution is 2.22. The van der Waals surface area contributed by atoms with Crippen LogP contribution in [0.2, 0.25) is 0 Å². The maximum absolute atomic E-state index is 12.3. The lowest BCUT2D eigenvalue weighted by Crippen LogP contribution is -2.48. The first-order chi connectivity index (χ1) is 9.63. The number of aryl methyl sites for hydroxylation is 1. The second-order valence-corrected chi connectivity index (χ2v) is 6.46. The number of amides is 1. The van der Waals surface area contributed by atoms with Gasteiger partial charge in [0.1, 0.15) is 0 Å². The normalized spacial score (nSPS) is 19.4. The van der Waals surface area contributed by atoms with Gasteiger partial charge in [0.2, 0.25) is 5.91 Å². The summed E-state index contributed by atoms with van der Waals surface area (Å²) in [6.45, 7) is 4.76. The van der Waals surface area contributed by atoms with Crippen molar-refractivity contribution in [3.05, 3.63) is 39.6 Å². The number of nitrogens with zero attached hydrogens (tertiary/aromatic N) is 1. The van der Waals surface area contributed by atoms with Gasteiger partial charge in [0.15, 0.2) is 0 Å². The lowest BCUT2D eigenvalue weighted by molar-refractivity contribution is -0.124. The molecule has 0 saturated heterocycles. The van der Waals surface area contributed by atoms with Crippen LogP contribution in [-0.2, 0) is 17.8 Å². The zero-order valence-corrected chi connectivity index (χ0v) is 12.4. The zero-order valence-electron chi connectivity index (χ0n) is 11.6. The standard InChI is InChI=1S/C14H18N4OS/c1-8-3-4-13(20-8)9(2)18-14(19)11-5-10-12(6-15-11)17-7-16-10/h3-4,7,9,11,15H,5-6H2,1-2H3,(H,16,17)(H,18,19). The van der Waals surface area contributed by atoms with Crippen LogP contribution in [0, 0.1) is 6.92 Å². The van der Waals surface area contributed by atoms with E-state index in [0.29, 0.717) is 13.0 Å². The van der Waals surface area contributed by atoms with E-state index in [2.05, 4.69) is 39.7 Å². The maximum atomic E-state index is 12.3. The summed E-state index contributed by atoms with van der Waals surface area (Å²) >= 11 is 1.72. The number of thiophene rings is 1. The van der Waals surface area contributed by atoms with E-state index in [1.54, 1.807) is 17.7 Å². The van der Waals surface area contributed by atoms with E-state index in [0.717, 1.165) is 11.4 Å². The fourth-order valence-corrected chi connectivity index (χ4v) is 3.31. The van der Waals surface area contributed by atoms with E-state index in [1.165, 1.54) is 9.75 Å². The number of aromatic nitrogens is 2. The monoisotopic (exact) mass is 290 g/mol. The predicted octanol–water partition coefficient (Wildman–Crippen LogP) is 1.67. The summed E-state index contributed by atoms with van der Waals surface area (Å²) < 4.78 is 0. The summed E-state index contributed by atoms with van der Waals surface area (Å²) in [7, 11) is 0. The number of aromatic amines is 1. The summed E-state index contributed by atoms with van der Waals surface area (Å²) in [5, 5.41) is 6.32. The van der Waals surface area contributed by atoms with E-state index in [-0.39, 0.29) is 18.0 Å². The first-order valence-corrected chi connectivity index (χ1v) is 7.56. The lowest BCUT2D eigenvalue weighted by atomic mass is 10.0. The predicted molar refractivity (Wildman–Crippen MR) is 78.5 cm³/mol. The highest BCUT2D eigenvalue weighted by molar-refractivity contribution is 7.12. The van der Waals surface area contributed by atoms with E-state index >= 15 is 0 Å². The Balaban J connectivity index is 1.63. The average Bonchev–Trinajstić information content (AvgIpc) is 3.05. The van der Waals surface area contributed by atoms with Crippen LogP contribution in [0.15, 0.2) is 18.5 Å². The van der Waals surface area contributed by atoms with Gasteiger partial charge >= 0.3 is 0 Å². The number of carbonyl (C=O) groups is 1. The van der Waals surface area contributed by atoms with E-state index in [9.17, 15) is 4.79 Å². The first kappa shape index (κ1) is 13.3. The molecule has 0 aromatic carbocycles. The highest BCUT2D eigenvalue weighted by Gasteiger charge is 2.26. The minimum Gasteiger partial charge on any atom is -0.347 e. The number of fused-ring (bicyclic) bond motifs is 1. The number of hydrogen-bond acceptors (Lipinski definition) is 4. The third kappa shape index (κ3) is 2.62. The van der Waals surface area contributed by atoms with Gasteiger partial charge in [0, 0.05) is 22.7 Å². The Kier molecular flexibility index (Phi) is 3.58. The molecular formula is C14H18N4OS. The van der Waals surface area contributed by atoms with Crippen molar-refractivity contribution < 1.29 is 4.79 Å². The molecule has 0 spiro atoms. The van der Waals surface area contributed by atoms with Crippen LogP contribution in [0.5, 0.6) is 0 Å². The topological polar surface area (TPSA) is 69.8 Å². The number of H-pyrrole nitrogens is 1. The Labute approximate surface area is 121 Å². The molecule has 2 aromatic rings. The smallest absolute Gasteiger partial charge is 0.238 e. The molecule has 0 fully saturated rings. The molecular weight excluding hydrogens is 272 g/mol. The lowest BCUT2D eigenvalue weighted by Gasteiger charge is -2.24. The molecule has 3 rings (SSSR count). The second-order valence-electron chi connectivity index (χ2n) is 5.14. The molecule has 0 radical (unpaired) electrons. The quantitative estimate of drug-likeness (QED) is 0.805. The van der Waals surface area contributed by atoms with Crippen molar-refractivity contribution in [3.8, 4) is 0 Å². The number of imidazole rings is 1. The van der Waals surface area contributed by atoms with E-state index in [4.69, 9.17) is 0 Å². The summed E-state index contributed by atoms with van der Waals surface area (Å²) in [4.78, 5) is 22.1. The molecule has 20 heavy (non-hydrogen) atoms. The number of nitrogens with one attached hydrogen (secondary N) is 3. The highest BCUT2D eigenvalue weighted by atomic mass is 32.1. The average molecular weight is 290 g/mol. The Morgan fingerprint density at radius 2 is 2.40 bits per heavy atom. The van der Waals surface area contributed by atoms with Gasteiger partial charge in [-0.05, 0) is 26.0 Å². The van der Waals surface area contributed by atoms with Gasteiger partial charge in [-0.2, -0.15) is 0 Å². The van der Waals surface area contributed by atoms with Crippen molar-refractivity contribution >= 4 is 17.2 Å². The number of carbonyl (C=O) groups excluding carboxylic acids is 1. The van der Waals surface area contributed by atoms with Crippen molar-refractivity contribution in [3.63, 3.8) is 0 Å². The third-order valence-electron chi connectivity index (χ3n) is 3.59. The van der Waals surface area contributed by atoms with Crippen LogP contribution in [0.4, 0.5) is 0 Å². The maximum Gasteiger partial charge on any atom is 0.238 e. The molecule has 6 heteroatoms. The first-order valence-electron chi connectivity index (χ1n) is 6.74. The van der Waals surface area contributed by atoms with Gasteiger partial charge in [0.25, 0.3) is 0 Å². The van der Waals surface area contributed by atoms with Crippen molar-refractivity contribution in [2.75, 3.05) is 0 Å². The van der Waals surface area contributed by atoms with E-state index in [1.807, 2.05) is 6.92 Å². The van der Waals surface area contributed by atoms with Crippen LogP contribution in [0.25, 0.3) is 0 Å². The van der Waals surface area contributed by atoms with Gasteiger partial charge in [-0.15, -0.1) is 11.3 Å². The Hall–Kier alpha value is -1.66. The van der Waals surface area contributed by atoms with Crippen LogP contribution >= 0.6 is 11.3 Å². The molecule has 1 aliphatic rings. The summed E-state index contributed by atoms with van der Waals surface area (Å²) in [5.41, 5.74) is 2.07. The van der Waals surface area contributed by atoms with Gasteiger partial charge in [-0.1, -0.05) is 0 Å². The molecule has 2 atom stereocenters. The SMILES string of the molecule is Cc1ccc(C(C)NC(=O)C2Cc3nc[nH]c3CN2)s1. The van der Waals surface area contributed by atoms with Gasteiger partial charge in [-0.3, -0.25) is 10.1 Å². The molecule has 3 heterocycles. The minimum atomic E-state index is -0.200. The van der Waals surface area contributed by atoms with E-state index < -0.39 is 0 Å². The molecule has 0 aliphatic carbocycles. The Bertz CT molecular complexity index is 618. The molecule has 3 N–H and O–H groups in total. The molecule has 2 aromatic heterocycles. The molecule has 106 valence electrons. The van der Waals surface area contributed by atoms with Crippen LogP contribution < -0.4 is 10.6 Å². The van der Waals surface area contributed by atoms with Gasteiger partial charge in [-0.25, -0.2) is 4.98 Å². The summed E-state index contributed by atoms with van der Waals surface area (Å²) in [6, 6.07) is 4.00. The van der Waals surface area contributed by atoms with Crippen LogP contribution in [0.3, 0.4) is 0 Å². The van der Waals surface area contributed by atoms with Gasteiger partial charge in [0.05, 0.1) is 29.8 Å². The third-order valence-corrected chi connectivity index (χ3v) is 4.78. The fraction of sp³-hybridized carbons (Fsp3) is 0.429. The largest absolute Gasteiger partial charge is 0.347 e. The van der Waals surface area contributed by atoms with Gasteiger partial charge < -0.3 is 10.3 Å². The van der Waals surface area contributed by atoms with Crippen molar-refractivity contribution in [2.24, 2.45) is 0 Å². The fourth-order valence-electron chi connectivity index (χ4n) is 2.43. The summed E-state index contributed by atoms with van der Waals surface area (Å²) in [6.07, 6.45) is 2.32. The molecule has 5 nitrogen and oxygen atoms in total. The minimum absolute atomic E-state index is 0.0391. The Morgan fingerprint density at radius 3 is 3.15 bits per heavy atom. The van der Waals surface area contributed by atoms with Crippen LogP contribution in [-0.4, -0.2) is 21.9 Å².